The molecule has 84 valence electrons. The summed E-state index contributed by atoms with van der Waals surface area (Å²) in [6.45, 7) is 0.506. The van der Waals surface area contributed by atoms with Gasteiger partial charge in [-0.05, 0) is 13.1 Å². The SMILES string of the molecule is CNCC(O)c1ccccc1-n1cncn1. The van der Waals surface area contributed by atoms with Gasteiger partial charge in [0, 0.05) is 12.1 Å². The third-order valence-electron chi connectivity index (χ3n) is 2.36. The van der Waals surface area contributed by atoms with Gasteiger partial charge in [-0.15, -0.1) is 0 Å². The molecule has 1 unspecified atom stereocenters. The minimum absolute atomic E-state index is 0.506. The van der Waals surface area contributed by atoms with Gasteiger partial charge in [-0.2, -0.15) is 5.10 Å². The van der Waals surface area contributed by atoms with Gasteiger partial charge < -0.3 is 10.4 Å². The Bertz CT molecular complexity index is 441. The summed E-state index contributed by atoms with van der Waals surface area (Å²) >= 11 is 0. The summed E-state index contributed by atoms with van der Waals surface area (Å²) < 4.78 is 1.65. The zero-order valence-corrected chi connectivity index (χ0v) is 9.04. The van der Waals surface area contributed by atoms with Crippen molar-refractivity contribution >= 4 is 0 Å². The van der Waals surface area contributed by atoms with Gasteiger partial charge >= 0.3 is 0 Å². The van der Waals surface area contributed by atoms with Crippen LogP contribution in [0, 0.1) is 0 Å². The van der Waals surface area contributed by atoms with E-state index < -0.39 is 6.10 Å². The first-order valence-electron chi connectivity index (χ1n) is 5.09. The highest BCUT2D eigenvalue weighted by molar-refractivity contribution is 5.41. The molecule has 0 spiro atoms. The number of benzene rings is 1. The van der Waals surface area contributed by atoms with Crippen molar-refractivity contribution in [1.82, 2.24) is 20.1 Å². The smallest absolute Gasteiger partial charge is 0.138 e. The third kappa shape index (κ3) is 2.10. The maximum absolute atomic E-state index is 9.98. The van der Waals surface area contributed by atoms with Gasteiger partial charge in [0.25, 0.3) is 0 Å². The summed E-state index contributed by atoms with van der Waals surface area (Å²) in [5, 5.41) is 17.0. The van der Waals surface area contributed by atoms with E-state index in [-0.39, 0.29) is 0 Å². The molecule has 2 rings (SSSR count). The number of likely N-dealkylation sites (N-methyl/N-ethyl adjacent to an activating group) is 1. The predicted octanol–water partition coefficient (Wildman–Crippen LogP) is 0.520. The lowest BCUT2D eigenvalue weighted by Gasteiger charge is -2.14. The number of hydrogen-bond acceptors (Lipinski definition) is 4. The average Bonchev–Trinajstić information content (AvgIpc) is 2.83. The molecule has 0 aliphatic rings. The fourth-order valence-corrected chi connectivity index (χ4v) is 1.61. The number of nitrogens with one attached hydrogen (secondary N) is 1. The summed E-state index contributed by atoms with van der Waals surface area (Å²) in [6, 6.07) is 7.60. The van der Waals surface area contributed by atoms with Crippen LogP contribution in [0.2, 0.25) is 0 Å². The fourth-order valence-electron chi connectivity index (χ4n) is 1.61. The van der Waals surface area contributed by atoms with Gasteiger partial charge in [0.15, 0.2) is 0 Å². The summed E-state index contributed by atoms with van der Waals surface area (Å²) in [4.78, 5) is 3.90. The number of nitrogens with zero attached hydrogens (tertiary/aromatic N) is 3. The van der Waals surface area contributed by atoms with Gasteiger partial charge in [-0.3, -0.25) is 0 Å². The van der Waals surface area contributed by atoms with E-state index >= 15 is 0 Å². The molecule has 0 saturated heterocycles. The van der Waals surface area contributed by atoms with Crippen LogP contribution in [0.25, 0.3) is 5.69 Å². The van der Waals surface area contributed by atoms with Crippen molar-refractivity contribution in [2.75, 3.05) is 13.6 Å². The highest BCUT2D eigenvalue weighted by Crippen LogP contribution is 2.20. The monoisotopic (exact) mass is 218 g/mol. The van der Waals surface area contributed by atoms with Crippen LogP contribution < -0.4 is 5.32 Å². The first-order valence-corrected chi connectivity index (χ1v) is 5.09. The Balaban J connectivity index is 2.38. The van der Waals surface area contributed by atoms with E-state index in [1.165, 1.54) is 6.33 Å². The second-order valence-electron chi connectivity index (χ2n) is 3.47. The molecule has 1 heterocycles. The van der Waals surface area contributed by atoms with Gasteiger partial charge in [0.05, 0.1) is 11.8 Å². The molecule has 2 N–H and O–H groups in total. The van der Waals surface area contributed by atoms with Crippen LogP contribution in [0.1, 0.15) is 11.7 Å². The summed E-state index contributed by atoms with van der Waals surface area (Å²) in [7, 11) is 1.81. The molecular formula is C11H14N4O. The molecule has 1 aromatic heterocycles. The van der Waals surface area contributed by atoms with Crippen molar-refractivity contribution in [1.29, 1.82) is 0 Å². The van der Waals surface area contributed by atoms with Crippen molar-refractivity contribution in [3.05, 3.63) is 42.5 Å². The van der Waals surface area contributed by atoms with E-state index in [0.717, 1.165) is 11.3 Å². The Kier molecular flexibility index (Phi) is 3.28. The summed E-state index contributed by atoms with van der Waals surface area (Å²) in [5.74, 6) is 0. The molecule has 5 heteroatoms. The zero-order chi connectivity index (χ0) is 11.4. The Morgan fingerprint density at radius 2 is 2.25 bits per heavy atom. The van der Waals surface area contributed by atoms with Crippen LogP contribution in [0.5, 0.6) is 0 Å². The molecule has 0 aliphatic heterocycles. The van der Waals surface area contributed by atoms with Gasteiger partial charge in [-0.25, -0.2) is 9.67 Å². The predicted molar refractivity (Wildman–Crippen MR) is 60.2 cm³/mol. The van der Waals surface area contributed by atoms with Crippen LogP contribution in [-0.4, -0.2) is 33.5 Å². The van der Waals surface area contributed by atoms with Crippen LogP contribution in [0.3, 0.4) is 0 Å². The first-order chi connectivity index (χ1) is 7.83. The lowest BCUT2D eigenvalue weighted by Crippen LogP contribution is -2.18. The molecule has 0 aliphatic carbocycles. The van der Waals surface area contributed by atoms with E-state index in [4.69, 9.17) is 0 Å². The normalized spacial score (nSPS) is 12.6. The molecule has 1 aromatic carbocycles. The first kappa shape index (κ1) is 10.8. The average molecular weight is 218 g/mol. The van der Waals surface area contributed by atoms with E-state index in [0.29, 0.717) is 6.54 Å². The van der Waals surface area contributed by atoms with Gasteiger partial charge in [-0.1, -0.05) is 18.2 Å². The number of para-hydroxylation sites is 1. The minimum Gasteiger partial charge on any atom is -0.387 e. The largest absolute Gasteiger partial charge is 0.387 e. The van der Waals surface area contributed by atoms with E-state index in [9.17, 15) is 5.11 Å². The number of hydrogen-bond donors (Lipinski definition) is 2. The maximum atomic E-state index is 9.98. The number of aliphatic hydroxyl groups excluding tert-OH is 1. The van der Waals surface area contributed by atoms with Gasteiger partial charge in [0.1, 0.15) is 12.7 Å². The number of aliphatic hydroxyl groups is 1. The fraction of sp³-hybridized carbons (Fsp3) is 0.273. The molecule has 5 nitrogen and oxygen atoms in total. The van der Waals surface area contributed by atoms with Crippen molar-refractivity contribution < 1.29 is 5.11 Å². The van der Waals surface area contributed by atoms with Crippen LogP contribution >= 0.6 is 0 Å². The van der Waals surface area contributed by atoms with E-state index in [1.54, 1.807) is 18.1 Å². The lowest BCUT2D eigenvalue weighted by atomic mass is 10.1. The number of rotatable bonds is 4. The summed E-state index contributed by atoms with van der Waals surface area (Å²) in [6.07, 6.45) is 2.54. The highest BCUT2D eigenvalue weighted by Gasteiger charge is 2.12. The van der Waals surface area contributed by atoms with Crippen molar-refractivity contribution in [3.63, 3.8) is 0 Å². The Labute approximate surface area is 93.8 Å². The maximum Gasteiger partial charge on any atom is 0.138 e. The molecule has 0 radical (unpaired) electrons. The Morgan fingerprint density at radius 3 is 2.94 bits per heavy atom. The molecular weight excluding hydrogens is 204 g/mol. The standard InChI is InChI=1S/C11H14N4O/c1-12-6-11(16)9-4-2-3-5-10(9)15-8-13-7-14-15/h2-5,7-8,11-12,16H,6H2,1H3. The van der Waals surface area contributed by atoms with Crippen LogP contribution in [0.15, 0.2) is 36.9 Å². The Morgan fingerprint density at radius 1 is 1.44 bits per heavy atom. The van der Waals surface area contributed by atoms with Crippen molar-refractivity contribution in [3.8, 4) is 5.69 Å². The second kappa shape index (κ2) is 4.87. The summed E-state index contributed by atoms with van der Waals surface area (Å²) in [5.41, 5.74) is 1.69. The van der Waals surface area contributed by atoms with Crippen LogP contribution in [-0.2, 0) is 0 Å². The van der Waals surface area contributed by atoms with E-state index in [2.05, 4.69) is 15.4 Å². The van der Waals surface area contributed by atoms with Crippen molar-refractivity contribution in [2.45, 2.75) is 6.10 Å². The Hall–Kier alpha value is -1.72. The minimum atomic E-state index is -0.551. The number of aromatic nitrogens is 3. The molecule has 0 saturated carbocycles. The quantitative estimate of drug-likeness (QED) is 0.785. The molecule has 16 heavy (non-hydrogen) atoms. The zero-order valence-electron chi connectivity index (χ0n) is 9.04. The van der Waals surface area contributed by atoms with Crippen LogP contribution in [0.4, 0.5) is 0 Å². The molecule has 0 amide bonds. The second-order valence-corrected chi connectivity index (χ2v) is 3.47. The van der Waals surface area contributed by atoms with E-state index in [1.807, 2.05) is 24.3 Å². The van der Waals surface area contributed by atoms with Gasteiger partial charge in [0.2, 0.25) is 0 Å². The molecule has 2 aromatic rings. The lowest BCUT2D eigenvalue weighted by molar-refractivity contribution is 0.177. The molecule has 0 bridgehead atoms. The topological polar surface area (TPSA) is 63.0 Å². The molecule has 0 fully saturated rings. The molecule has 1 atom stereocenters. The third-order valence-corrected chi connectivity index (χ3v) is 2.36. The highest BCUT2D eigenvalue weighted by atomic mass is 16.3. The van der Waals surface area contributed by atoms with Crippen molar-refractivity contribution in [2.24, 2.45) is 0 Å².